The Kier molecular flexibility index (Phi) is 16.7. The number of nitrogens with zero attached hydrogens (tertiary/aromatic N) is 2. The minimum Gasteiger partial charge on any atom is -0.459 e. The van der Waals surface area contributed by atoms with Crippen LogP contribution in [0, 0.1) is 17.8 Å². The van der Waals surface area contributed by atoms with Gasteiger partial charge in [0, 0.05) is 44.6 Å². The third-order valence-electron chi connectivity index (χ3n) is 14.0. The molecule has 0 aliphatic carbocycles. The van der Waals surface area contributed by atoms with Crippen LogP contribution in [0.3, 0.4) is 0 Å². The molecule has 4 aliphatic rings. The third kappa shape index (κ3) is 10.2. The molecule has 0 aromatic carbocycles. The van der Waals surface area contributed by atoms with E-state index in [1.54, 1.807) is 34.8 Å². The molecule has 0 aromatic heterocycles. The zero-order chi connectivity index (χ0) is 43.7. The van der Waals surface area contributed by atoms with Gasteiger partial charge in [-0.3, -0.25) is 9.69 Å². The number of carbonyl (C=O) groups excluding carboxylic acids is 1. The topological polar surface area (TPSA) is 181 Å². The number of carbonyl (C=O) groups is 1. The highest BCUT2D eigenvalue weighted by Gasteiger charge is 2.64. The second-order valence-corrected chi connectivity index (χ2v) is 19.2. The summed E-state index contributed by atoms with van der Waals surface area (Å²) in [5, 5.41) is 50.7. The highest BCUT2D eigenvalue weighted by Crippen LogP contribution is 2.48. The summed E-state index contributed by atoms with van der Waals surface area (Å²) in [6.07, 6.45) is -5.99. The number of aliphatic hydroxyl groups excluding tert-OH is 2. The lowest BCUT2D eigenvalue weighted by Crippen LogP contribution is -2.68. The molecule has 340 valence electrons. The SMILES string of the molecule is CCCN1C[C@]2(OC1C)C(C)O[C@@H](OC1C(C)C(=O)OC(CC)[C@@](C)(O)[C@H](O)[C@@H](C)NC[C@H](C)CC(C)(O)C(O[C@@H]3OC(C)CC(N(C)C)[C@H]3O)C1C)C[C@@]2(C)OC. The van der Waals surface area contributed by atoms with Gasteiger partial charge in [0.15, 0.2) is 12.6 Å². The van der Waals surface area contributed by atoms with Crippen LogP contribution in [-0.4, -0.2) is 173 Å². The van der Waals surface area contributed by atoms with Gasteiger partial charge in [-0.15, -0.1) is 0 Å². The van der Waals surface area contributed by atoms with Gasteiger partial charge in [-0.25, -0.2) is 0 Å². The van der Waals surface area contributed by atoms with Gasteiger partial charge in [0.2, 0.25) is 0 Å². The lowest BCUT2D eigenvalue weighted by molar-refractivity contribution is -0.338. The van der Waals surface area contributed by atoms with E-state index in [1.165, 1.54) is 6.92 Å². The maximum absolute atomic E-state index is 14.4. The Balaban J connectivity index is 1.80. The van der Waals surface area contributed by atoms with Crippen molar-refractivity contribution in [1.82, 2.24) is 15.1 Å². The minimum absolute atomic E-state index is 0.147. The molecule has 0 saturated carbocycles. The summed E-state index contributed by atoms with van der Waals surface area (Å²) < 4.78 is 45.9. The van der Waals surface area contributed by atoms with Crippen molar-refractivity contribution in [3.63, 3.8) is 0 Å². The Morgan fingerprint density at radius 1 is 0.966 bits per heavy atom. The molecular weight excluding hydrogens is 750 g/mol. The average molecular weight is 832 g/mol. The Bertz CT molecular complexity index is 1330. The molecule has 0 bridgehead atoms. The van der Waals surface area contributed by atoms with Crippen molar-refractivity contribution in [2.75, 3.05) is 40.8 Å². The lowest BCUT2D eigenvalue weighted by atomic mass is 9.75. The van der Waals surface area contributed by atoms with Crippen molar-refractivity contribution in [3.05, 3.63) is 0 Å². The molecule has 4 saturated heterocycles. The Morgan fingerprint density at radius 3 is 2.21 bits per heavy atom. The number of hydrogen-bond donors (Lipinski definition) is 5. The van der Waals surface area contributed by atoms with E-state index >= 15 is 0 Å². The summed E-state index contributed by atoms with van der Waals surface area (Å²) in [4.78, 5) is 18.7. The van der Waals surface area contributed by atoms with E-state index in [9.17, 15) is 25.2 Å². The molecular formula is C43H81N3O12. The van der Waals surface area contributed by atoms with Crippen LogP contribution in [-0.2, 0) is 38.0 Å². The average Bonchev–Trinajstić information content (AvgIpc) is 3.49. The molecule has 0 amide bonds. The maximum Gasteiger partial charge on any atom is 0.311 e. The number of ether oxygens (including phenoxy) is 7. The van der Waals surface area contributed by atoms with Crippen LogP contribution in [0.4, 0.5) is 0 Å². The van der Waals surface area contributed by atoms with Crippen molar-refractivity contribution in [2.45, 2.75) is 211 Å². The number of aliphatic hydroxyl groups is 4. The van der Waals surface area contributed by atoms with Crippen LogP contribution in [0.15, 0.2) is 0 Å². The van der Waals surface area contributed by atoms with Crippen molar-refractivity contribution >= 4 is 5.97 Å². The van der Waals surface area contributed by atoms with Crippen LogP contribution < -0.4 is 5.32 Å². The van der Waals surface area contributed by atoms with E-state index in [0.29, 0.717) is 19.5 Å². The van der Waals surface area contributed by atoms with E-state index in [1.807, 2.05) is 60.5 Å². The zero-order valence-corrected chi connectivity index (χ0v) is 38.3. The number of esters is 1. The fraction of sp³-hybridized carbons (Fsp3) is 0.977. The van der Waals surface area contributed by atoms with Gasteiger partial charge in [-0.2, -0.15) is 0 Å². The van der Waals surface area contributed by atoms with Crippen LogP contribution in [0.25, 0.3) is 0 Å². The van der Waals surface area contributed by atoms with Crippen LogP contribution in [0.1, 0.15) is 115 Å². The van der Waals surface area contributed by atoms with Crippen LogP contribution in [0.2, 0.25) is 0 Å². The van der Waals surface area contributed by atoms with E-state index < -0.39 is 95.5 Å². The molecule has 15 nitrogen and oxygen atoms in total. The van der Waals surface area contributed by atoms with Gasteiger partial charge in [0.05, 0.1) is 35.9 Å². The lowest BCUT2D eigenvalue weighted by Gasteiger charge is -2.54. The molecule has 58 heavy (non-hydrogen) atoms. The van der Waals surface area contributed by atoms with Gasteiger partial charge < -0.3 is 63.8 Å². The summed E-state index contributed by atoms with van der Waals surface area (Å²) in [6.45, 7) is 24.2. The second kappa shape index (κ2) is 19.6. The molecule has 4 fully saturated rings. The first kappa shape index (κ1) is 49.6. The molecule has 15 heteroatoms. The largest absolute Gasteiger partial charge is 0.459 e. The molecule has 5 N–H and O–H groups in total. The predicted molar refractivity (Wildman–Crippen MR) is 219 cm³/mol. The molecule has 0 aromatic rings. The van der Waals surface area contributed by atoms with Crippen molar-refractivity contribution < 1.29 is 58.4 Å². The highest BCUT2D eigenvalue weighted by atomic mass is 16.7. The standard InChI is InChI=1S/C43H81N3O12/c1-16-18-46-23-43(58-30(46)9)29(8)54-33(21-41(43,11)52-15)56-35-26(5)37(57-39-34(47)31(45(13)14)19-25(4)53-39)40(10,50)20-24(3)22-44-28(7)36(48)42(12,51)32(17-2)55-38(49)27(35)6/h24-37,39,44,47-48,50-51H,16-23H2,1-15H3/t24-,25?,26?,27?,28-,29?,30?,31?,32?,33+,34-,35?,36-,37?,39+,40?,41-,42-,43+/m1/s1. The number of nitrogens with one attached hydrogen (secondary N) is 1. The normalized spacial score (nSPS) is 49.4. The number of hydrogen-bond acceptors (Lipinski definition) is 15. The van der Waals surface area contributed by atoms with E-state index in [0.717, 1.165) is 13.0 Å². The molecule has 10 unspecified atom stereocenters. The Hall–Kier alpha value is -1.05. The molecule has 4 aliphatic heterocycles. The van der Waals surface area contributed by atoms with E-state index in [4.69, 9.17) is 33.2 Å². The van der Waals surface area contributed by atoms with Gasteiger partial charge >= 0.3 is 5.97 Å². The van der Waals surface area contributed by atoms with Gasteiger partial charge in [-0.1, -0.05) is 27.7 Å². The fourth-order valence-electron chi connectivity index (χ4n) is 10.3. The van der Waals surface area contributed by atoms with Crippen LogP contribution in [0.5, 0.6) is 0 Å². The van der Waals surface area contributed by atoms with E-state index in [2.05, 4.69) is 17.1 Å². The highest BCUT2D eigenvalue weighted by molar-refractivity contribution is 5.73. The number of likely N-dealkylation sites (N-methyl/N-ethyl adjacent to an activating group) is 1. The molecule has 1 spiro atoms. The molecule has 4 heterocycles. The van der Waals surface area contributed by atoms with Crippen molar-refractivity contribution in [1.29, 1.82) is 0 Å². The Morgan fingerprint density at radius 2 is 1.62 bits per heavy atom. The quantitative estimate of drug-likeness (QED) is 0.214. The molecule has 0 radical (unpaired) electrons. The first-order chi connectivity index (χ1) is 26.9. The monoisotopic (exact) mass is 832 g/mol. The van der Waals surface area contributed by atoms with Gasteiger partial charge in [0.1, 0.15) is 41.3 Å². The summed E-state index contributed by atoms with van der Waals surface area (Å²) >= 11 is 0. The number of cyclic esters (lactones) is 1. The number of rotatable bonds is 9. The first-order valence-electron chi connectivity index (χ1n) is 21.9. The predicted octanol–water partition coefficient (Wildman–Crippen LogP) is 3.02. The van der Waals surface area contributed by atoms with Gasteiger partial charge in [0.25, 0.3) is 0 Å². The summed E-state index contributed by atoms with van der Waals surface area (Å²) in [6, 6.07) is -0.850. The molecule has 4 rings (SSSR count). The van der Waals surface area contributed by atoms with E-state index in [-0.39, 0.29) is 43.6 Å². The maximum atomic E-state index is 14.4. The Labute approximate surface area is 348 Å². The smallest absolute Gasteiger partial charge is 0.311 e. The zero-order valence-electron chi connectivity index (χ0n) is 38.3. The van der Waals surface area contributed by atoms with Gasteiger partial charge in [-0.05, 0) is 108 Å². The summed E-state index contributed by atoms with van der Waals surface area (Å²) in [5.74, 6) is -2.53. The fourth-order valence-corrected chi connectivity index (χ4v) is 10.3. The van der Waals surface area contributed by atoms with Crippen molar-refractivity contribution in [2.24, 2.45) is 17.8 Å². The summed E-state index contributed by atoms with van der Waals surface area (Å²) in [5.41, 5.74) is -5.02. The molecule has 19 atom stereocenters. The van der Waals surface area contributed by atoms with Crippen LogP contribution >= 0.6 is 0 Å². The minimum atomic E-state index is -1.80. The second-order valence-electron chi connectivity index (χ2n) is 19.2. The first-order valence-corrected chi connectivity index (χ1v) is 21.9. The summed E-state index contributed by atoms with van der Waals surface area (Å²) in [7, 11) is 5.47. The number of methoxy groups -OCH3 is 1. The third-order valence-corrected chi connectivity index (χ3v) is 14.0. The van der Waals surface area contributed by atoms with Crippen molar-refractivity contribution in [3.8, 4) is 0 Å².